The summed E-state index contributed by atoms with van der Waals surface area (Å²) in [6, 6.07) is 17.1. The lowest BCUT2D eigenvalue weighted by molar-refractivity contribution is -0.117. The predicted molar refractivity (Wildman–Crippen MR) is 146 cm³/mol. The quantitative estimate of drug-likeness (QED) is 0.456. The van der Waals surface area contributed by atoms with Crippen LogP contribution in [0, 0.1) is 24.2 Å². The van der Waals surface area contributed by atoms with Gasteiger partial charge in [-0.25, -0.2) is 0 Å². The van der Waals surface area contributed by atoms with Crippen molar-refractivity contribution in [2.24, 2.45) is 5.92 Å². The van der Waals surface area contributed by atoms with E-state index in [4.69, 9.17) is 0 Å². The standard InChI is InChI=1S/C31H36N4O/c1-22-18-28-8-2-24(20-30(28)33-22)6-11-31(36)34-29-9-4-23(5-10-29)12-15-35-16-13-26-7-3-25(21-32)19-27(26)14-17-35/h2-3,6-8,11,18-20,23,29,33H,4-5,9-10,12-17H2,1H3,(H,34,36)/b11-6+. The topological polar surface area (TPSA) is 71.9 Å². The molecule has 3 aromatic rings. The molecule has 1 aromatic heterocycles. The average Bonchev–Trinajstić information content (AvgIpc) is 3.14. The molecular weight excluding hydrogens is 444 g/mol. The Labute approximate surface area is 214 Å². The van der Waals surface area contributed by atoms with Crippen LogP contribution in [0.4, 0.5) is 0 Å². The van der Waals surface area contributed by atoms with Gasteiger partial charge in [0, 0.05) is 36.4 Å². The summed E-state index contributed by atoms with van der Waals surface area (Å²) < 4.78 is 0. The zero-order chi connectivity index (χ0) is 24.9. The molecule has 2 aliphatic rings. The van der Waals surface area contributed by atoms with E-state index in [1.807, 2.05) is 12.1 Å². The first-order valence-electron chi connectivity index (χ1n) is 13.4. The van der Waals surface area contributed by atoms with Crippen LogP contribution in [0.1, 0.15) is 60.1 Å². The van der Waals surface area contributed by atoms with Crippen LogP contribution in [0.2, 0.25) is 0 Å². The molecule has 1 amide bonds. The molecule has 2 N–H and O–H groups in total. The number of rotatable bonds is 6. The molecule has 2 heterocycles. The lowest BCUT2D eigenvalue weighted by atomic mass is 9.84. The van der Waals surface area contributed by atoms with E-state index < -0.39 is 0 Å². The highest BCUT2D eigenvalue weighted by atomic mass is 16.1. The molecule has 5 heteroatoms. The second-order valence-corrected chi connectivity index (χ2v) is 10.6. The van der Waals surface area contributed by atoms with Crippen molar-refractivity contribution in [2.75, 3.05) is 19.6 Å². The third-order valence-electron chi connectivity index (χ3n) is 7.99. The third-order valence-corrected chi connectivity index (χ3v) is 7.99. The minimum Gasteiger partial charge on any atom is -0.359 e. The Morgan fingerprint density at radius 1 is 1.08 bits per heavy atom. The van der Waals surface area contributed by atoms with Gasteiger partial charge in [0.15, 0.2) is 0 Å². The smallest absolute Gasteiger partial charge is 0.244 e. The Balaban J connectivity index is 1.03. The molecule has 0 atom stereocenters. The second kappa shape index (κ2) is 11.1. The van der Waals surface area contributed by atoms with Crippen molar-refractivity contribution in [1.82, 2.24) is 15.2 Å². The van der Waals surface area contributed by atoms with Crippen LogP contribution >= 0.6 is 0 Å². The van der Waals surface area contributed by atoms with Gasteiger partial charge in [-0.15, -0.1) is 0 Å². The van der Waals surface area contributed by atoms with E-state index in [1.165, 1.54) is 35.8 Å². The van der Waals surface area contributed by atoms with Gasteiger partial charge >= 0.3 is 0 Å². The average molecular weight is 481 g/mol. The number of aromatic amines is 1. The monoisotopic (exact) mass is 480 g/mol. The summed E-state index contributed by atoms with van der Waals surface area (Å²) in [5.74, 6) is 0.755. The van der Waals surface area contributed by atoms with E-state index in [0.29, 0.717) is 0 Å². The summed E-state index contributed by atoms with van der Waals surface area (Å²) in [5.41, 5.74) is 6.81. The normalized spacial score (nSPS) is 20.7. The Hall–Kier alpha value is -3.36. The molecule has 5 rings (SSSR count). The fraction of sp³-hybridized carbons (Fsp3) is 0.419. The highest BCUT2D eigenvalue weighted by Crippen LogP contribution is 2.28. The number of H-pyrrole nitrogens is 1. The van der Waals surface area contributed by atoms with Gasteiger partial charge in [0.2, 0.25) is 5.91 Å². The molecular formula is C31H36N4O. The van der Waals surface area contributed by atoms with E-state index in [0.717, 1.165) is 73.6 Å². The number of fused-ring (bicyclic) bond motifs is 2. The van der Waals surface area contributed by atoms with E-state index in [2.05, 4.69) is 64.6 Å². The van der Waals surface area contributed by atoms with Crippen molar-refractivity contribution in [2.45, 2.75) is 57.9 Å². The van der Waals surface area contributed by atoms with Gasteiger partial charge < -0.3 is 15.2 Å². The van der Waals surface area contributed by atoms with E-state index in [1.54, 1.807) is 6.08 Å². The SMILES string of the molecule is Cc1cc2ccc(/C=C/C(=O)NC3CCC(CCN4CCc5ccc(C#N)cc5CC4)CC3)cc2[nH]1. The lowest BCUT2D eigenvalue weighted by Crippen LogP contribution is -2.37. The van der Waals surface area contributed by atoms with E-state index >= 15 is 0 Å². The van der Waals surface area contributed by atoms with Gasteiger partial charge in [-0.05, 0) is 117 Å². The molecule has 1 saturated carbocycles. The summed E-state index contributed by atoms with van der Waals surface area (Å²) in [5, 5.41) is 13.6. The number of benzene rings is 2. The molecule has 5 nitrogen and oxygen atoms in total. The van der Waals surface area contributed by atoms with Crippen molar-refractivity contribution in [3.8, 4) is 6.07 Å². The number of aryl methyl sites for hydroxylation is 1. The first-order valence-corrected chi connectivity index (χ1v) is 13.4. The maximum absolute atomic E-state index is 12.5. The number of carbonyl (C=O) groups excluding carboxylic acids is 1. The number of nitriles is 1. The van der Waals surface area contributed by atoms with E-state index in [9.17, 15) is 10.1 Å². The Kier molecular flexibility index (Phi) is 7.53. The minimum absolute atomic E-state index is 0.00454. The number of hydrogen-bond donors (Lipinski definition) is 2. The largest absolute Gasteiger partial charge is 0.359 e. The van der Waals surface area contributed by atoms with Crippen molar-refractivity contribution >= 4 is 22.9 Å². The fourth-order valence-electron chi connectivity index (χ4n) is 5.84. The summed E-state index contributed by atoms with van der Waals surface area (Å²) >= 11 is 0. The molecule has 0 spiro atoms. The number of amides is 1. The third kappa shape index (κ3) is 6.06. The van der Waals surface area contributed by atoms with Crippen LogP contribution in [0.15, 0.2) is 48.5 Å². The number of nitrogens with zero attached hydrogens (tertiary/aromatic N) is 2. The molecule has 1 aliphatic heterocycles. The second-order valence-electron chi connectivity index (χ2n) is 10.6. The van der Waals surface area contributed by atoms with Gasteiger partial charge in [-0.3, -0.25) is 4.79 Å². The molecule has 0 bridgehead atoms. The summed E-state index contributed by atoms with van der Waals surface area (Å²) in [7, 11) is 0. The van der Waals surface area contributed by atoms with Crippen LogP contribution in [0.5, 0.6) is 0 Å². The molecule has 0 radical (unpaired) electrons. The molecule has 2 aromatic carbocycles. The molecule has 1 aliphatic carbocycles. The van der Waals surface area contributed by atoms with Gasteiger partial charge in [0.05, 0.1) is 11.6 Å². The molecule has 36 heavy (non-hydrogen) atoms. The van der Waals surface area contributed by atoms with Crippen LogP contribution in [-0.2, 0) is 17.6 Å². The highest BCUT2D eigenvalue weighted by molar-refractivity contribution is 5.92. The summed E-state index contributed by atoms with van der Waals surface area (Å²) in [6.07, 6.45) is 11.4. The van der Waals surface area contributed by atoms with Crippen molar-refractivity contribution in [3.63, 3.8) is 0 Å². The molecule has 0 saturated heterocycles. The van der Waals surface area contributed by atoms with Crippen molar-refractivity contribution in [3.05, 3.63) is 76.5 Å². The zero-order valence-electron chi connectivity index (χ0n) is 21.2. The van der Waals surface area contributed by atoms with Gasteiger partial charge in [0.25, 0.3) is 0 Å². The van der Waals surface area contributed by atoms with Gasteiger partial charge in [-0.1, -0.05) is 18.2 Å². The Bertz CT molecular complexity index is 1290. The number of aromatic nitrogens is 1. The zero-order valence-corrected chi connectivity index (χ0v) is 21.2. The van der Waals surface area contributed by atoms with Crippen LogP contribution in [0.3, 0.4) is 0 Å². The van der Waals surface area contributed by atoms with Crippen molar-refractivity contribution in [1.29, 1.82) is 5.26 Å². The summed E-state index contributed by atoms with van der Waals surface area (Å²) in [4.78, 5) is 18.4. The fourth-order valence-corrected chi connectivity index (χ4v) is 5.84. The van der Waals surface area contributed by atoms with Gasteiger partial charge in [-0.2, -0.15) is 5.26 Å². The summed E-state index contributed by atoms with van der Waals surface area (Å²) in [6.45, 7) is 5.38. The van der Waals surface area contributed by atoms with Crippen LogP contribution in [-0.4, -0.2) is 41.5 Å². The maximum atomic E-state index is 12.5. The van der Waals surface area contributed by atoms with Gasteiger partial charge in [0.1, 0.15) is 0 Å². The first kappa shape index (κ1) is 24.3. The molecule has 186 valence electrons. The maximum Gasteiger partial charge on any atom is 0.244 e. The molecule has 0 unspecified atom stereocenters. The van der Waals surface area contributed by atoms with Crippen molar-refractivity contribution < 1.29 is 4.79 Å². The minimum atomic E-state index is 0.00454. The van der Waals surface area contributed by atoms with Crippen LogP contribution < -0.4 is 5.32 Å². The number of nitrogens with one attached hydrogen (secondary N) is 2. The number of hydrogen-bond acceptors (Lipinski definition) is 3. The predicted octanol–water partition coefficient (Wildman–Crippen LogP) is 5.53. The van der Waals surface area contributed by atoms with E-state index in [-0.39, 0.29) is 11.9 Å². The molecule has 1 fully saturated rings. The Morgan fingerprint density at radius 3 is 2.69 bits per heavy atom. The number of carbonyl (C=O) groups is 1. The first-order chi connectivity index (χ1) is 17.6. The Morgan fingerprint density at radius 2 is 1.89 bits per heavy atom. The lowest BCUT2D eigenvalue weighted by Gasteiger charge is -2.30. The highest BCUT2D eigenvalue weighted by Gasteiger charge is 2.23. The van der Waals surface area contributed by atoms with Crippen LogP contribution in [0.25, 0.3) is 17.0 Å².